The van der Waals surface area contributed by atoms with Gasteiger partial charge in [-0.3, -0.25) is 4.79 Å². The van der Waals surface area contributed by atoms with E-state index in [2.05, 4.69) is 0 Å². The molecule has 1 fully saturated rings. The zero-order valence-electron chi connectivity index (χ0n) is 11.7. The highest BCUT2D eigenvalue weighted by molar-refractivity contribution is 7.88. The minimum absolute atomic E-state index is 0.170. The van der Waals surface area contributed by atoms with E-state index in [-0.39, 0.29) is 29.7 Å². The Labute approximate surface area is 117 Å². The van der Waals surface area contributed by atoms with Crippen LogP contribution in [0.3, 0.4) is 0 Å². The minimum Gasteiger partial charge on any atom is -0.451 e. The normalized spacial score (nSPS) is 18.1. The van der Waals surface area contributed by atoms with Gasteiger partial charge in [-0.2, -0.15) is 0 Å². The molecule has 1 saturated heterocycles. The van der Waals surface area contributed by atoms with E-state index in [0.29, 0.717) is 6.42 Å². The van der Waals surface area contributed by atoms with Gasteiger partial charge in [0.1, 0.15) is 6.26 Å². The smallest absolute Gasteiger partial charge is 0.275 e. The lowest BCUT2D eigenvalue weighted by molar-refractivity contribution is -0.0826. The fourth-order valence-corrected chi connectivity index (χ4v) is 2.76. The Hall–Kier alpha value is -1.38. The summed E-state index contributed by atoms with van der Waals surface area (Å²) in [5.41, 5.74) is -0.652. The Bertz CT molecular complexity index is 614. The van der Waals surface area contributed by atoms with E-state index >= 15 is 0 Å². The molecule has 2 rings (SSSR count). The van der Waals surface area contributed by atoms with Crippen LogP contribution in [0.5, 0.6) is 0 Å². The summed E-state index contributed by atoms with van der Waals surface area (Å²) in [7, 11) is -0.915. The molecular weight excluding hydrogens is 284 g/mol. The van der Waals surface area contributed by atoms with E-state index in [4.69, 9.17) is 4.42 Å². The van der Waals surface area contributed by atoms with Crippen molar-refractivity contribution in [3.8, 4) is 0 Å². The van der Waals surface area contributed by atoms with Crippen molar-refractivity contribution in [2.75, 3.05) is 27.2 Å². The quantitative estimate of drug-likeness (QED) is 0.853. The number of sulfonamides is 1. The molecule has 0 aromatic carbocycles. The van der Waals surface area contributed by atoms with Gasteiger partial charge in [0.25, 0.3) is 15.9 Å². The highest BCUT2D eigenvalue weighted by Gasteiger charge is 2.42. The Morgan fingerprint density at radius 3 is 2.60 bits per heavy atom. The molecule has 1 aromatic rings. The molecule has 0 bridgehead atoms. The van der Waals surface area contributed by atoms with Crippen molar-refractivity contribution in [3.05, 3.63) is 17.9 Å². The Morgan fingerprint density at radius 2 is 2.10 bits per heavy atom. The van der Waals surface area contributed by atoms with Crippen molar-refractivity contribution < 1.29 is 22.7 Å². The summed E-state index contributed by atoms with van der Waals surface area (Å²) in [5, 5.41) is 9.61. The predicted molar refractivity (Wildman–Crippen MR) is 70.7 cm³/mol. The number of hydrogen-bond donors (Lipinski definition) is 1. The van der Waals surface area contributed by atoms with E-state index in [9.17, 15) is 18.3 Å². The van der Waals surface area contributed by atoms with Gasteiger partial charge in [-0.25, -0.2) is 12.7 Å². The Kier molecular flexibility index (Phi) is 3.66. The summed E-state index contributed by atoms with van der Waals surface area (Å²) in [6.45, 7) is 2.36. The van der Waals surface area contributed by atoms with Gasteiger partial charge in [0.2, 0.25) is 5.09 Å². The van der Waals surface area contributed by atoms with Crippen molar-refractivity contribution in [2.24, 2.45) is 0 Å². The van der Waals surface area contributed by atoms with Gasteiger partial charge in [-0.15, -0.1) is 0 Å². The van der Waals surface area contributed by atoms with E-state index in [1.54, 1.807) is 0 Å². The molecule has 0 spiro atoms. The average Bonchev–Trinajstić information content (AvgIpc) is 2.84. The first kappa shape index (κ1) is 15.0. The average molecular weight is 302 g/mol. The largest absolute Gasteiger partial charge is 0.451 e. The van der Waals surface area contributed by atoms with Gasteiger partial charge in [-0.05, 0) is 6.42 Å². The first-order valence-corrected chi connectivity index (χ1v) is 7.66. The molecule has 1 aliphatic heterocycles. The lowest BCUT2D eigenvalue weighted by Crippen LogP contribution is -2.63. The van der Waals surface area contributed by atoms with Crippen LogP contribution in [0, 0.1) is 0 Å². The molecule has 0 radical (unpaired) electrons. The highest BCUT2D eigenvalue weighted by Crippen LogP contribution is 2.27. The van der Waals surface area contributed by atoms with Gasteiger partial charge >= 0.3 is 0 Å². The van der Waals surface area contributed by atoms with Crippen molar-refractivity contribution >= 4 is 15.9 Å². The summed E-state index contributed by atoms with van der Waals surface area (Å²) in [4.78, 5) is 13.5. The Morgan fingerprint density at radius 1 is 1.50 bits per heavy atom. The molecule has 0 atom stereocenters. The third kappa shape index (κ3) is 2.46. The molecule has 7 nitrogen and oxygen atoms in total. The number of hydrogen-bond acceptors (Lipinski definition) is 5. The molecular formula is C12H18N2O5S. The van der Waals surface area contributed by atoms with Crippen LogP contribution < -0.4 is 0 Å². The zero-order chi connectivity index (χ0) is 15.1. The minimum atomic E-state index is -3.68. The number of amides is 1. The molecule has 1 aliphatic rings. The first-order valence-electron chi connectivity index (χ1n) is 6.22. The van der Waals surface area contributed by atoms with Crippen LogP contribution >= 0.6 is 0 Å². The third-order valence-corrected chi connectivity index (χ3v) is 5.16. The number of furan rings is 1. The summed E-state index contributed by atoms with van der Waals surface area (Å²) in [5.74, 6) is -0.341. The zero-order valence-corrected chi connectivity index (χ0v) is 12.5. The molecule has 1 amide bonds. The van der Waals surface area contributed by atoms with Crippen LogP contribution in [-0.2, 0) is 10.0 Å². The molecule has 112 valence electrons. The maximum absolute atomic E-state index is 12.1. The van der Waals surface area contributed by atoms with Crippen molar-refractivity contribution in [1.82, 2.24) is 9.21 Å². The molecule has 1 N–H and O–H groups in total. The van der Waals surface area contributed by atoms with Gasteiger partial charge in [0, 0.05) is 20.2 Å². The number of carbonyl (C=O) groups excluding carboxylic acids is 1. The van der Waals surface area contributed by atoms with Gasteiger partial charge in [-0.1, -0.05) is 6.92 Å². The monoisotopic (exact) mass is 302 g/mol. The first-order chi connectivity index (χ1) is 9.19. The van der Waals surface area contributed by atoms with Gasteiger partial charge in [0.05, 0.1) is 24.3 Å². The maximum atomic E-state index is 12.1. The lowest BCUT2D eigenvalue weighted by atomic mass is 9.91. The summed E-state index contributed by atoms with van der Waals surface area (Å²) in [6, 6.07) is 1.21. The molecule has 20 heavy (non-hydrogen) atoms. The van der Waals surface area contributed by atoms with Crippen LogP contribution in [0.4, 0.5) is 0 Å². The fourth-order valence-electron chi connectivity index (χ4n) is 1.96. The van der Waals surface area contributed by atoms with E-state index < -0.39 is 15.6 Å². The van der Waals surface area contributed by atoms with Gasteiger partial charge < -0.3 is 14.4 Å². The summed E-state index contributed by atoms with van der Waals surface area (Å²) >= 11 is 0. The molecule has 8 heteroatoms. The van der Waals surface area contributed by atoms with Crippen molar-refractivity contribution in [2.45, 2.75) is 24.0 Å². The number of β-amino-alcohol motifs (C(OH)–C–C–N with tert-alkyl or cyclic N) is 1. The maximum Gasteiger partial charge on any atom is 0.275 e. The number of likely N-dealkylation sites (tertiary alicyclic amines) is 1. The van der Waals surface area contributed by atoms with E-state index in [1.807, 2.05) is 6.92 Å². The Balaban J connectivity index is 2.13. The molecule has 2 heterocycles. The lowest BCUT2D eigenvalue weighted by Gasteiger charge is -2.45. The molecule has 0 saturated carbocycles. The topological polar surface area (TPSA) is 91.1 Å². The molecule has 0 unspecified atom stereocenters. The SMILES string of the molecule is CCC1(O)CN(C(=O)c2coc(S(=O)(=O)N(C)C)c2)C1. The summed E-state index contributed by atoms with van der Waals surface area (Å²) < 4.78 is 29.7. The van der Waals surface area contributed by atoms with E-state index in [1.165, 1.54) is 25.1 Å². The fraction of sp³-hybridized carbons (Fsp3) is 0.583. The number of rotatable bonds is 4. The molecule has 0 aliphatic carbocycles. The predicted octanol–water partition coefficient (Wildman–Crippen LogP) is 0.127. The van der Waals surface area contributed by atoms with Crippen LogP contribution in [0.1, 0.15) is 23.7 Å². The second kappa shape index (κ2) is 4.87. The van der Waals surface area contributed by atoms with Crippen molar-refractivity contribution in [3.63, 3.8) is 0 Å². The van der Waals surface area contributed by atoms with Crippen LogP contribution in [-0.4, -0.2) is 61.4 Å². The summed E-state index contributed by atoms with van der Waals surface area (Å²) in [6.07, 6.45) is 1.70. The third-order valence-electron chi connectivity index (χ3n) is 3.47. The highest BCUT2D eigenvalue weighted by atomic mass is 32.2. The van der Waals surface area contributed by atoms with Crippen molar-refractivity contribution in [1.29, 1.82) is 0 Å². The number of aliphatic hydroxyl groups is 1. The van der Waals surface area contributed by atoms with E-state index in [0.717, 1.165) is 10.6 Å². The van der Waals surface area contributed by atoms with Crippen LogP contribution in [0.2, 0.25) is 0 Å². The van der Waals surface area contributed by atoms with Gasteiger partial charge in [0.15, 0.2) is 0 Å². The second-order valence-corrected chi connectivity index (χ2v) is 7.26. The molecule has 1 aromatic heterocycles. The second-order valence-electron chi connectivity index (χ2n) is 5.18. The standard InChI is InChI=1S/C12H18N2O5S/c1-4-12(16)7-14(8-12)11(15)9-5-10(19-6-9)20(17,18)13(2)3/h5-6,16H,4,7-8H2,1-3H3. The number of carbonyl (C=O) groups is 1. The van der Waals surface area contributed by atoms with Crippen LogP contribution in [0.15, 0.2) is 21.8 Å². The number of nitrogens with zero attached hydrogens (tertiary/aromatic N) is 2. The van der Waals surface area contributed by atoms with Crippen LogP contribution in [0.25, 0.3) is 0 Å².